The van der Waals surface area contributed by atoms with E-state index >= 15 is 0 Å². The summed E-state index contributed by atoms with van der Waals surface area (Å²) in [7, 11) is -3.19. The van der Waals surface area contributed by atoms with Crippen molar-refractivity contribution in [3.63, 3.8) is 0 Å². The number of piperidine rings is 1. The van der Waals surface area contributed by atoms with Crippen molar-refractivity contribution in [1.82, 2.24) is 14.7 Å². The fourth-order valence-corrected chi connectivity index (χ4v) is 4.44. The summed E-state index contributed by atoms with van der Waals surface area (Å²) < 4.78 is 30.8. The van der Waals surface area contributed by atoms with Crippen LogP contribution in [0.4, 0.5) is 0 Å². The minimum absolute atomic E-state index is 0.261. The standard InChI is InChI=1S/C19H25N3O3S/c1-14(16-4-3-15-7-10-25-19(15)11-16)21-8-5-17(6-9-21)22-13-18(12-20-22)26(2,23)24/h3-4,11-14,17H,5-10H2,1-2H3. The van der Waals surface area contributed by atoms with Crippen LogP contribution in [0.25, 0.3) is 0 Å². The van der Waals surface area contributed by atoms with Gasteiger partial charge in [0.25, 0.3) is 0 Å². The SMILES string of the molecule is CC(c1ccc2c(c1)OCC2)N1CCC(n2cc(S(C)(=O)=O)cn2)CC1. The smallest absolute Gasteiger partial charge is 0.178 e. The van der Waals surface area contributed by atoms with Gasteiger partial charge in [0.1, 0.15) is 10.6 Å². The lowest BCUT2D eigenvalue weighted by Gasteiger charge is -2.36. The Kier molecular flexibility index (Phi) is 4.52. The molecule has 3 heterocycles. The molecule has 0 aliphatic carbocycles. The second-order valence-electron chi connectivity index (χ2n) is 7.34. The van der Waals surface area contributed by atoms with E-state index in [1.165, 1.54) is 23.6 Å². The molecule has 7 heteroatoms. The molecule has 1 fully saturated rings. The van der Waals surface area contributed by atoms with Gasteiger partial charge in [0.05, 0.1) is 18.8 Å². The van der Waals surface area contributed by atoms with Crippen molar-refractivity contribution in [2.75, 3.05) is 26.0 Å². The molecule has 2 aliphatic rings. The van der Waals surface area contributed by atoms with Crippen LogP contribution in [0.5, 0.6) is 5.75 Å². The van der Waals surface area contributed by atoms with E-state index in [0.717, 1.165) is 44.7 Å². The maximum atomic E-state index is 11.6. The van der Waals surface area contributed by atoms with Crippen molar-refractivity contribution >= 4 is 9.84 Å². The highest BCUT2D eigenvalue weighted by Gasteiger charge is 2.26. The molecule has 1 aromatic carbocycles. The minimum Gasteiger partial charge on any atom is -0.493 e. The molecular formula is C19H25N3O3S. The summed E-state index contributed by atoms with van der Waals surface area (Å²) in [4.78, 5) is 2.78. The summed E-state index contributed by atoms with van der Waals surface area (Å²) in [6, 6.07) is 7.20. The lowest BCUT2D eigenvalue weighted by atomic mass is 9.99. The van der Waals surface area contributed by atoms with Gasteiger partial charge in [-0.15, -0.1) is 0 Å². The third-order valence-electron chi connectivity index (χ3n) is 5.63. The Morgan fingerprint density at radius 3 is 2.73 bits per heavy atom. The molecule has 1 saturated heterocycles. The lowest BCUT2D eigenvalue weighted by molar-refractivity contribution is 0.139. The van der Waals surface area contributed by atoms with Gasteiger partial charge in [0, 0.05) is 38.0 Å². The van der Waals surface area contributed by atoms with Crippen molar-refractivity contribution in [3.8, 4) is 5.75 Å². The van der Waals surface area contributed by atoms with Crippen molar-refractivity contribution in [2.24, 2.45) is 0 Å². The Morgan fingerprint density at radius 1 is 1.27 bits per heavy atom. The maximum absolute atomic E-state index is 11.6. The van der Waals surface area contributed by atoms with Crippen LogP contribution in [0.3, 0.4) is 0 Å². The van der Waals surface area contributed by atoms with Crippen LogP contribution < -0.4 is 4.74 Å². The molecule has 4 rings (SSSR count). The van der Waals surface area contributed by atoms with E-state index in [4.69, 9.17) is 4.74 Å². The topological polar surface area (TPSA) is 64.4 Å². The average Bonchev–Trinajstić information content (AvgIpc) is 3.29. The van der Waals surface area contributed by atoms with Crippen LogP contribution in [0.15, 0.2) is 35.5 Å². The zero-order valence-corrected chi connectivity index (χ0v) is 16.1. The first-order valence-corrected chi connectivity index (χ1v) is 11.0. The quantitative estimate of drug-likeness (QED) is 0.822. The number of sulfone groups is 1. The molecule has 2 aliphatic heterocycles. The molecule has 0 radical (unpaired) electrons. The summed E-state index contributed by atoms with van der Waals surface area (Å²) in [5.41, 5.74) is 2.60. The van der Waals surface area contributed by atoms with E-state index in [1.54, 1.807) is 6.20 Å². The molecule has 0 N–H and O–H groups in total. The van der Waals surface area contributed by atoms with E-state index in [-0.39, 0.29) is 6.04 Å². The number of ether oxygens (including phenoxy) is 1. The Hall–Kier alpha value is -1.86. The largest absolute Gasteiger partial charge is 0.493 e. The third-order valence-corrected chi connectivity index (χ3v) is 6.70. The first-order chi connectivity index (χ1) is 12.4. The lowest BCUT2D eigenvalue weighted by Crippen LogP contribution is -2.36. The second kappa shape index (κ2) is 6.70. The molecule has 0 amide bonds. The number of benzene rings is 1. The van der Waals surface area contributed by atoms with Crippen molar-refractivity contribution in [1.29, 1.82) is 0 Å². The van der Waals surface area contributed by atoms with Crippen molar-refractivity contribution in [2.45, 2.75) is 43.2 Å². The van der Waals surface area contributed by atoms with Crippen LogP contribution in [0, 0.1) is 0 Å². The highest BCUT2D eigenvalue weighted by atomic mass is 32.2. The number of likely N-dealkylation sites (tertiary alicyclic amines) is 1. The predicted octanol–water partition coefficient (Wildman–Crippen LogP) is 2.62. The molecule has 0 spiro atoms. The van der Waals surface area contributed by atoms with Crippen molar-refractivity contribution < 1.29 is 13.2 Å². The molecular weight excluding hydrogens is 350 g/mol. The number of nitrogens with zero attached hydrogens (tertiary/aromatic N) is 3. The highest BCUT2D eigenvalue weighted by Crippen LogP contribution is 2.33. The predicted molar refractivity (Wildman–Crippen MR) is 99.2 cm³/mol. The molecule has 140 valence electrons. The van der Waals surface area contributed by atoms with Gasteiger partial charge in [-0.25, -0.2) is 8.42 Å². The Bertz CT molecular complexity index is 899. The number of hydrogen-bond donors (Lipinski definition) is 0. The van der Waals surface area contributed by atoms with Crippen LogP contribution in [-0.2, 0) is 16.3 Å². The number of fused-ring (bicyclic) bond motifs is 1. The molecule has 2 aromatic rings. The van der Waals surface area contributed by atoms with Crippen molar-refractivity contribution in [3.05, 3.63) is 41.7 Å². The van der Waals surface area contributed by atoms with Gasteiger partial charge >= 0.3 is 0 Å². The number of hydrogen-bond acceptors (Lipinski definition) is 5. The zero-order chi connectivity index (χ0) is 18.3. The van der Waals surface area contributed by atoms with Crippen LogP contribution in [0.2, 0.25) is 0 Å². The maximum Gasteiger partial charge on any atom is 0.178 e. The number of aromatic nitrogens is 2. The van der Waals surface area contributed by atoms with Gasteiger partial charge in [0.15, 0.2) is 9.84 Å². The first kappa shape index (κ1) is 17.5. The summed E-state index contributed by atoms with van der Waals surface area (Å²) in [5, 5.41) is 4.28. The van der Waals surface area contributed by atoms with Gasteiger partial charge < -0.3 is 4.74 Å². The Labute approximate surface area is 154 Å². The van der Waals surface area contributed by atoms with E-state index in [2.05, 4.69) is 35.1 Å². The molecule has 1 unspecified atom stereocenters. The van der Waals surface area contributed by atoms with Gasteiger partial charge in [-0.05, 0) is 37.0 Å². The van der Waals surface area contributed by atoms with Crippen LogP contribution in [-0.4, -0.2) is 49.1 Å². The Balaban J connectivity index is 1.41. The normalized spacial score (nSPS) is 19.9. The van der Waals surface area contributed by atoms with E-state index in [9.17, 15) is 8.42 Å². The fourth-order valence-electron chi connectivity index (χ4n) is 3.90. The molecule has 1 atom stereocenters. The zero-order valence-electron chi connectivity index (χ0n) is 15.3. The second-order valence-corrected chi connectivity index (χ2v) is 9.35. The average molecular weight is 375 g/mol. The molecule has 6 nitrogen and oxygen atoms in total. The van der Waals surface area contributed by atoms with Crippen LogP contribution >= 0.6 is 0 Å². The molecule has 26 heavy (non-hydrogen) atoms. The summed E-state index contributed by atoms with van der Waals surface area (Å²) in [6.07, 6.45) is 7.28. The van der Waals surface area contributed by atoms with E-state index in [1.807, 2.05) is 4.68 Å². The molecule has 1 aromatic heterocycles. The van der Waals surface area contributed by atoms with Gasteiger partial charge in [0.2, 0.25) is 0 Å². The monoisotopic (exact) mass is 375 g/mol. The highest BCUT2D eigenvalue weighted by molar-refractivity contribution is 7.90. The molecule has 0 bridgehead atoms. The minimum atomic E-state index is -3.19. The summed E-state index contributed by atoms with van der Waals surface area (Å²) in [5.74, 6) is 1.04. The van der Waals surface area contributed by atoms with Gasteiger partial charge in [-0.1, -0.05) is 12.1 Å². The molecule has 0 saturated carbocycles. The van der Waals surface area contributed by atoms with E-state index < -0.39 is 9.84 Å². The summed E-state index contributed by atoms with van der Waals surface area (Å²) >= 11 is 0. The fraction of sp³-hybridized carbons (Fsp3) is 0.526. The Morgan fingerprint density at radius 2 is 2.04 bits per heavy atom. The first-order valence-electron chi connectivity index (χ1n) is 9.16. The summed E-state index contributed by atoms with van der Waals surface area (Å²) in [6.45, 7) is 4.97. The third kappa shape index (κ3) is 3.38. The van der Waals surface area contributed by atoms with Crippen LogP contribution in [0.1, 0.15) is 43.0 Å². The van der Waals surface area contributed by atoms with Gasteiger partial charge in [-0.2, -0.15) is 5.10 Å². The number of rotatable bonds is 4. The van der Waals surface area contributed by atoms with Gasteiger partial charge in [-0.3, -0.25) is 9.58 Å². The van der Waals surface area contributed by atoms with E-state index in [0.29, 0.717) is 10.9 Å².